The van der Waals surface area contributed by atoms with E-state index < -0.39 is 0 Å². The summed E-state index contributed by atoms with van der Waals surface area (Å²) in [4.78, 5) is 29.4. The Balaban J connectivity index is 1.36. The lowest BCUT2D eigenvalue weighted by Gasteiger charge is -2.26. The highest BCUT2D eigenvalue weighted by atomic mass is 32.1. The number of thiophene rings is 3. The summed E-state index contributed by atoms with van der Waals surface area (Å²) in [5.74, 6) is 0. The molecule has 0 saturated heterocycles. The number of benzene rings is 3. The predicted octanol–water partition coefficient (Wildman–Crippen LogP) is 10.3. The van der Waals surface area contributed by atoms with E-state index in [1.165, 1.54) is 34.0 Å². The van der Waals surface area contributed by atoms with E-state index in [0.29, 0.717) is 14.6 Å². The summed E-state index contributed by atoms with van der Waals surface area (Å²) < 4.78 is 0. The summed E-state index contributed by atoms with van der Waals surface area (Å²) >= 11 is 4.25. The molecule has 46 heavy (non-hydrogen) atoms. The van der Waals surface area contributed by atoms with E-state index >= 15 is 0 Å². The Morgan fingerprint density at radius 2 is 0.891 bits per heavy atom. The highest BCUT2D eigenvalue weighted by Gasteiger charge is 2.16. The molecule has 0 radical (unpaired) electrons. The summed E-state index contributed by atoms with van der Waals surface area (Å²) in [5.41, 5.74) is 5.66. The average Bonchev–Trinajstić information content (AvgIpc) is 3.90. The molecule has 3 aromatic heterocycles. The van der Waals surface area contributed by atoms with Crippen LogP contribution in [0.15, 0.2) is 115 Å². The van der Waals surface area contributed by atoms with Crippen LogP contribution in [-0.4, -0.2) is 12.6 Å². The molecule has 0 fully saturated rings. The monoisotopic (exact) mass is 648 g/mol. The lowest BCUT2D eigenvalue weighted by atomic mass is 10.1. The Hall–Kier alpha value is -5.89. The minimum absolute atomic E-state index is 0.0748. The van der Waals surface area contributed by atoms with Crippen LogP contribution in [0, 0.1) is 34.0 Å². The van der Waals surface area contributed by atoms with Crippen molar-refractivity contribution < 1.29 is 9.59 Å². The van der Waals surface area contributed by atoms with Gasteiger partial charge >= 0.3 is 0 Å². The van der Waals surface area contributed by atoms with Crippen molar-refractivity contribution >= 4 is 69.2 Å². The van der Waals surface area contributed by atoms with Gasteiger partial charge in [-0.3, -0.25) is 9.59 Å². The molecule has 9 heteroatoms. The van der Waals surface area contributed by atoms with E-state index in [1.54, 1.807) is 18.2 Å². The fraction of sp³-hybridized carbons (Fsp3) is 0. The molecule has 0 atom stereocenters. The largest absolute Gasteiger partial charge is 0.311 e. The van der Waals surface area contributed by atoms with Crippen LogP contribution in [-0.2, 0) is 0 Å². The quantitative estimate of drug-likeness (QED) is 0.114. The van der Waals surface area contributed by atoms with Gasteiger partial charge in [0.25, 0.3) is 0 Å². The van der Waals surface area contributed by atoms with E-state index in [0.717, 1.165) is 61.0 Å². The number of anilines is 3. The van der Waals surface area contributed by atoms with Crippen molar-refractivity contribution in [3.63, 3.8) is 0 Å². The maximum Gasteiger partial charge on any atom is 0.160 e. The summed E-state index contributed by atoms with van der Waals surface area (Å²) in [6.45, 7) is 0. The minimum Gasteiger partial charge on any atom is -0.311 e. The standard InChI is InChI=1S/C37H20N4O2S3/c38-19-27(20-39)33(21-40)37-18-17-36(46-37)26-5-11-30(12-6-26)41(28-7-1-24(2-8-28)34-15-13-31(22-42)44-34)29-9-3-25(4-10-29)35-16-14-32(23-43)45-35/h1-18,22-23H. The maximum atomic E-state index is 11.2. The molecule has 3 heterocycles. The van der Waals surface area contributed by atoms with Crippen LogP contribution in [0.3, 0.4) is 0 Å². The van der Waals surface area contributed by atoms with Gasteiger partial charge in [0.05, 0.1) is 15.3 Å². The third kappa shape index (κ3) is 6.05. The average molecular weight is 649 g/mol. The summed E-state index contributed by atoms with van der Waals surface area (Å²) in [6.07, 6.45) is 1.72. The van der Waals surface area contributed by atoms with Crippen molar-refractivity contribution in [1.82, 2.24) is 0 Å². The van der Waals surface area contributed by atoms with Crippen molar-refractivity contribution in [2.24, 2.45) is 0 Å². The van der Waals surface area contributed by atoms with E-state index in [2.05, 4.69) is 29.2 Å². The van der Waals surface area contributed by atoms with E-state index in [4.69, 9.17) is 0 Å². The molecule has 0 saturated carbocycles. The van der Waals surface area contributed by atoms with Crippen molar-refractivity contribution in [1.29, 1.82) is 15.8 Å². The van der Waals surface area contributed by atoms with Gasteiger partial charge in [0.15, 0.2) is 12.6 Å². The zero-order valence-corrected chi connectivity index (χ0v) is 26.3. The molecular weight excluding hydrogens is 629 g/mol. The zero-order chi connectivity index (χ0) is 32.0. The fourth-order valence-corrected chi connectivity index (χ4v) is 7.58. The first-order chi connectivity index (χ1) is 22.5. The topological polar surface area (TPSA) is 109 Å². The number of rotatable bonds is 9. The lowest BCUT2D eigenvalue weighted by molar-refractivity contribution is 0.111. The molecular formula is C37H20N4O2S3. The van der Waals surface area contributed by atoms with Gasteiger partial charge in [-0.2, -0.15) is 15.8 Å². The number of allylic oxidation sites excluding steroid dienone is 2. The summed E-state index contributed by atoms with van der Waals surface area (Å²) in [7, 11) is 0. The number of nitrogens with zero attached hydrogens (tertiary/aromatic N) is 4. The van der Waals surface area contributed by atoms with Crippen molar-refractivity contribution in [3.8, 4) is 49.5 Å². The number of hydrogen-bond donors (Lipinski definition) is 0. The smallest absolute Gasteiger partial charge is 0.160 e. The first-order valence-corrected chi connectivity index (χ1v) is 16.3. The zero-order valence-electron chi connectivity index (χ0n) is 23.9. The van der Waals surface area contributed by atoms with Crippen LogP contribution >= 0.6 is 34.0 Å². The molecule has 6 nitrogen and oxygen atoms in total. The van der Waals surface area contributed by atoms with Gasteiger partial charge in [-0.1, -0.05) is 36.4 Å². The second kappa shape index (κ2) is 13.4. The third-order valence-electron chi connectivity index (χ3n) is 7.15. The first kappa shape index (κ1) is 30.1. The van der Waals surface area contributed by atoms with Gasteiger partial charge in [0.1, 0.15) is 23.8 Å². The van der Waals surface area contributed by atoms with Crippen LogP contribution in [0.4, 0.5) is 17.1 Å². The van der Waals surface area contributed by atoms with Crippen LogP contribution in [0.2, 0.25) is 0 Å². The molecule has 6 aromatic rings. The molecule has 0 aliphatic heterocycles. The van der Waals surface area contributed by atoms with Gasteiger partial charge in [-0.25, -0.2) is 0 Å². The van der Waals surface area contributed by atoms with Crippen molar-refractivity contribution in [2.75, 3.05) is 4.90 Å². The van der Waals surface area contributed by atoms with E-state index in [9.17, 15) is 25.4 Å². The minimum atomic E-state index is -0.203. The normalized spacial score (nSPS) is 10.3. The predicted molar refractivity (Wildman–Crippen MR) is 186 cm³/mol. The number of carbonyl (C=O) groups excluding carboxylic acids is 2. The van der Waals surface area contributed by atoms with Gasteiger partial charge in [-0.05, 0) is 89.5 Å². The maximum absolute atomic E-state index is 11.2. The molecule has 6 rings (SSSR count). The second-order valence-corrected chi connectivity index (χ2v) is 13.2. The van der Waals surface area contributed by atoms with Gasteiger partial charge in [0.2, 0.25) is 0 Å². The molecule has 0 amide bonds. The number of aldehydes is 2. The van der Waals surface area contributed by atoms with Crippen molar-refractivity contribution in [3.05, 3.63) is 129 Å². The lowest BCUT2D eigenvalue weighted by Crippen LogP contribution is -2.09. The van der Waals surface area contributed by atoms with Crippen molar-refractivity contribution in [2.45, 2.75) is 0 Å². The molecule has 0 aliphatic carbocycles. The Bertz CT molecular complexity index is 2110. The summed E-state index contributed by atoms with van der Waals surface area (Å²) in [6, 6.07) is 41.2. The van der Waals surface area contributed by atoms with Gasteiger partial charge in [-0.15, -0.1) is 34.0 Å². The van der Waals surface area contributed by atoms with Crippen LogP contribution in [0.1, 0.15) is 24.2 Å². The second-order valence-electron chi connectivity index (χ2n) is 9.87. The molecule has 0 N–H and O–H groups in total. The highest BCUT2D eigenvalue weighted by Crippen LogP contribution is 2.40. The molecule has 0 spiro atoms. The first-order valence-electron chi connectivity index (χ1n) is 13.8. The number of carbonyl (C=O) groups is 2. The number of nitriles is 3. The van der Waals surface area contributed by atoms with Gasteiger partial charge < -0.3 is 4.90 Å². The summed E-state index contributed by atoms with van der Waals surface area (Å²) in [5, 5.41) is 28.1. The third-order valence-corrected chi connectivity index (χ3v) is 10.4. The molecule has 0 unspecified atom stereocenters. The Labute approximate surface area is 277 Å². The Morgan fingerprint density at radius 1 is 0.500 bits per heavy atom. The SMILES string of the molecule is N#CC(C#N)=C(C#N)c1ccc(-c2ccc(N(c3ccc(-c4ccc(C=O)s4)cc3)c3ccc(-c4ccc(C=O)s4)cc3)cc2)s1. The molecule has 218 valence electrons. The Kier molecular flexibility index (Phi) is 8.78. The fourth-order valence-electron chi connectivity index (χ4n) is 4.91. The molecule has 0 bridgehead atoms. The van der Waals surface area contributed by atoms with E-state index in [-0.39, 0.29) is 11.1 Å². The van der Waals surface area contributed by atoms with Crippen LogP contribution in [0.25, 0.3) is 36.9 Å². The Morgan fingerprint density at radius 3 is 1.24 bits per heavy atom. The molecule has 3 aromatic carbocycles. The highest BCUT2D eigenvalue weighted by molar-refractivity contribution is 7.17. The van der Waals surface area contributed by atoms with Crippen LogP contribution in [0.5, 0.6) is 0 Å². The number of hydrogen-bond acceptors (Lipinski definition) is 9. The van der Waals surface area contributed by atoms with E-state index in [1.807, 2.05) is 84.9 Å². The molecule has 0 aliphatic rings. The van der Waals surface area contributed by atoms with Gasteiger partial charge in [0, 0.05) is 36.6 Å². The van der Waals surface area contributed by atoms with Crippen LogP contribution < -0.4 is 4.90 Å².